The average molecular weight is 355 g/mol. The predicted octanol–water partition coefficient (Wildman–Crippen LogP) is 5.05. The maximum absolute atomic E-state index is 12.0. The second kappa shape index (κ2) is 5.93. The third kappa shape index (κ3) is 3.04. The molecule has 2 aromatic rings. The van der Waals surface area contributed by atoms with Gasteiger partial charge < -0.3 is 4.74 Å². The number of aryl methyl sites for hydroxylation is 2. The SMILES string of the molecule is Cc1ccc(C2=C/C(=C\c3ccc(Br)cc3)C(=O)O2)cc1C. The number of cyclic esters (lactones) is 1. The molecule has 2 aromatic carbocycles. The van der Waals surface area contributed by atoms with Gasteiger partial charge in [-0.1, -0.05) is 40.2 Å². The molecule has 0 atom stereocenters. The summed E-state index contributed by atoms with van der Waals surface area (Å²) in [4.78, 5) is 12.0. The van der Waals surface area contributed by atoms with Crippen LogP contribution in [0.3, 0.4) is 0 Å². The second-order valence-corrected chi connectivity index (χ2v) is 6.26. The van der Waals surface area contributed by atoms with Gasteiger partial charge in [-0.05, 0) is 60.9 Å². The molecular formula is C19H15BrO2. The number of esters is 1. The zero-order valence-corrected chi connectivity index (χ0v) is 14.0. The maximum Gasteiger partial charge on any atom is 0.343 e. The summed E-state index contributed by atoms with van der Waals surface area (Å²) in [6.45, 7) is 4.11. The van der Waals surface area contributed by atoms with Gasteiger partial charge >= 0.3 is 5.97 Å². The first kappa shape index (κ1) is 14.8. The molecule has 0 amide bonds. The van der Waals surface area contributed by atoms with Crippen LogP contribution in [0.5, 0.6) is 0 Å². The van der Waals surface area contributed by atoms with Gasteiger partial charge in [0.05, 0.1) is 5.57 Å². The fraction of sp³-hybridized carbons (Fsp3) is 0.105. The lowest BCUT2D eigenvalue weighted by Crippen LogP contribution is -1.97. The van der Waals surface area contributed by atoms with E-state index in [1.165, 1.54) is 11.1 Å². The lowest BCUT2D eigenvalue weighted by Gasteiger charge is -2.05. The van der Waals surface area contributed by atoms with E-state index in [2.05, 4.69) is 29.8 Å². The molecule has 0 saturated carbocycles. The number of halogens is 1. The number of benzene rings is 2. The standard InChI is InChI=1S/C19H15BrO2/c1-12-3-6-15(9-13(12)2)18-11-16(19(21)22-18)10-14-4-7-17(20)8-5-14/h3-11H,1-2H3/b16-10+. The molecule has 0 bridgehead atoms. The molecule has 0 spiro atoms. The Labute approximate surface area is 138 Å². The minimum absolute atomic E-state index is 0.309. The Bertz CT molecular complexity index is 799. The zero-order chi connectivity index (χ0) is 15.7. The van der Waals surface area contributed by atoms with E-state index in [9.17, 15) is 4.79 Å². The normalized spacial score (nSPS) is 15.9. The summed E-state index contributed by atoms with van der Waals surface area (Å²) in [7, 11) is 0. The summed E-state index contributed by atoms with van der Waals surface area (Å²) in [5.41, 5.74) is 4.86. The monoisotopic (exact) mass is 354 g/mol. The minimum atomic E-state index is -0.309. The highest BCUT2D eigenvalue weighted by atomic mass is 79.9. The Morgan fingerprint density at radius 2 is 1.73 bits per heavy atom. The lowest BCUT2D eigenvalue weighted by atomic mass is 10.0. The topological polar surface area (TPSA) is 26.3 Å². The smallest absolute Gasteiger partial charge is 0.343 e. The molecule has 1 heterocycles. The summed E-state index contributed by atoms with van der Waals surface area (Å²) < 4.78 is 6.40. The van der Waals surface area contributed by atoms with Crippen LogP contribution in [0.15, 0.2) is 58.6 Å². The van der Waals surface area contributed by atoms with Gasteiger partial charge in [-0.25, -0.2) is 4.79 Å². The molecule has 0 fully saturated rings. The van der Waals surface area contributed by atoms with E-state index in [4.69, 9.17) is 4.74 Å². The van der Waals surface area contributed by atoms with Crippen molar-refractivity contribution in [3.05, 3.63) is 80.8 Å². The maximum atomic E-state index is 12.0. The first-order valence-corrected chi connectivity index (χ1v) is 7.81. The third-order valence-electron chi connectivity index (χ3n) is 3.71. The van der Waals surface area contributed by atoms with E-state index in [-0.39, 0.29) is 5.97 Å². The number of ether oxygens (including phenoxy) is 1. The molecular weight excluding hydrogens is 340 g/mol. The molecule has 0 radical (unpaired) electrons. The highest BCUT2D eigenvalue weighted by Gasteiger charge is 2.22. The number of carbonyl (C=O) groups excluding carboxylic acids is 1. The molecule has 0 N–H and O–H groups in total. The van der Waals surface area contributed by atoms with E-state index < -0.39 is 0 Å². The molecule has 1 aliphatic heterocycles. The second-order valence-electron chi connectivity index (χ2n) is 5.35. The molecule has 1 aliphatic rings. The van der Waals surface area contributed by atoms with Crippen molar-refractivity contribution in [2.45, 2.75) is 13.8 Å². The Balaban J connectivity index is 1.94. The number of carbonyl (C=O) groups is 1. The molecule has 0 unspecified atom stereocenters. The van der Waals surface area contributed by atoms with Gasteiger partial charge in [-0.3, -0.25) is 0 Å². The summed E-state index contributed by atoms with van der Waals surface area (Å²) in [5, 5.41) is 0. The van der Waals surface area contributed by atoms with Crippen LogP contribution < -0.4 is 0 Å². The van der Waals surface area contributed by atoms with Gasteiger partial charge in [-0.2, -0.15) is 0 Å². The zero-order valence-electron chi connectivity index (χ0n) is 12.4. The highest BCUT2D eigenvalue weighted by molar-refractivity contribution is 9.10. The van der Waals surface area contributed by atoms with E-state index >= 15 is 0 Å². The van der Waals surface area contributed by atoms with Crippen LogP contribution in [0.4, 0.5) is 0 Å². The van der Waals surface area contributed by atoms with Crippen LogP contribution >= 0.6 is 15.9 Å². The van der Waals surface area contributed by atoms with Crippen molar-refractivity contribution >= 4 is 33.7 Å². The van der Waals surface area contributed by atoms with Gasteiger partial charge in [0, 0.05) is 10.0 Å². The Kier molecular flexibility index (Phi) is 3.99. The Hall–Kier alpha value is -2.13. The van der Waals surface area contributed by atoms with E-state index in [0.29, 0.717) is 11.3 Å². The van der Waals surface area contributed by atoms with Crippen molar-refractivity contribution in [3.63, 3.8) is 0 Å². The van der Waals surface area contributed by atoms with Gasteiger partial charge in [0.1, 0.15) is 5.76 Å². The molecule has 0 aromatic heterocycles. The summed E-state index contributed by atoms with van der Waals surface area (Å²) in [5.74, 6) is 0.299. The average Bonchev–Trinajstić information content (AvgIpc) is 2.85. The van der Waals surface area contributed by atoms with Crippen LogP contribution in [-0.4, -0.2) is 5.97 Å². The third-order valence-corrected chi connectivity index (χ3v) is 4.24. The van der Waals surface area contributed by atoms with Crippen molar-refractivity contribution in [2.24, 2.45) is 0 Å². The fourth-order valence-corrected chi connectivity index (χ4v) is 2.53. The molecule has 3 rings (SSSR count). The van der Waals surface area contributed by atoms with Crippen molar-refractivity contribution in [1.82, 2.24) is 0 Å². The van der Waals surface area contributed by atoms with Crippen LogP contribution in [0.25, 0.3) is 11.8 Å². The van der Waals surface area contributed by atoms with Gasteiger partial charge in [0.2, 0.25) is 0 Å². The van der Waals surface area contributed by atoms with E-state index in [1.807, 2.05) is 48.5 Å². The van der Waals surface area contributed by atoms with Crippen molar-refractivity contribution < 1.29 is 9.53 Å². The van der Waals surface area contributed by atoms with Crippen LogP contribution in [0.1, 0.15) is 22.3 Å². The van der Waals surface area contributed by atoms with Crippen molar-refractivity contribution in [2.75, 3.05) is 0 Å². The van der Waals surface area contributed by atoms with Gasteiger partial charge in [0.25, 0.3) is 0 Å². The summed E-state index contributed by atoms with van der Waals surface area (Å²) >= 11 is 3.40. The van der Waals surface area contributed by atoms with Crippen molar-refractivity contribution in [3.8, 4) is 0 Å². The molecule has 110 valence electrons. The quantitative estimate of drug-likeness (QED) is 0.557. The Morgan fingerprint density at radius 1 is 1.00 bits per heavy atom. The van der Waals surface area contributed by atoms with Gasteiger partial charge in [-0.15, -0.1) is 0 Å². The number of hydrogen-bond acceptors (Lipinski definition) is 2. The molecule has 3 heteroatoms. The summed E-state index contributed by atoms with van der Waals surface area (Å²) in [6, 6.07) is 13.8. The fourth-order valence-electron chi connectivity index (χ4n) is 2.26. The number of rotatable bonds is 2. The predicted molar refractivity (Wildman–Crippen MR) is 92.1 cm³/mol. The molecule has 22 heavy (non-hydrogen) atoms. The lowest BCUT2D eigenvalue weighted by molar-refractivity contribution is -0.130. The largest absolute Gasteiger partial charge is 0.422 e. The molecule has 2 nitrogen and oxygen atoms in total. The van der Waals surface area contributed by atoms with Crippen molar-refractivity contribution in [1.29, 1.82) is 0 Å². The van der Waals surface area contributed by atoms with E-state index in [1.54, 1.807) is 6.08 Å². The van der Waals surface area contributed by atoms with Gasteiger partial charge in [0.15, 0.2) is 0 Å². The van der Waals surface area contributed by atoms with Crippen LogP contribution in [0, 0.1) is 13.8 Å². The van der Waals surface area contributed by atoms with E-state index in [0.717, 1.165) is 15.6 Å². The molecule has 0 aliphatic carbocycles. The van der Waals surface area contributed by atoms with Crippen LogP contribution in [0.2, 0.25) is 0 Å². The first-order valence-electron chi connectivity index (χ1n) is 7.02. The first-order chi connectivity index (χ1) is 10.5. The number of hydrogen-bond donors (Lipinski definition) is 0. The summed E-state index contributed by atoms with van der Waals surface area (Å²) in [6.07, 6.45) is 3.64. The molecule has 0 saturated heterocycles. The Morgan fingerprint density at radius 3 is 2.41 bits per heavy atom. The van der Waals surface area contributed by atoms with Crippen LogP contribution in [-0.2, 0) is 9.53 Å². The minimum Gasteiger partial charge on any atom is -0.422 e. The highest BCUT2D eigenvalue weighted by Crippen LogP contribution is 2.28.